The second kappa shape index (κ2) is 5.57. The molecule has 0 aliphatic heterocycles. The van der Waals surface area contributed by atoms with Gasteiger partial charge in [-0.05, 0) is 18.6 Å². The van der Waals surface area contributed by atoms with Crippen LogP contribution >= 0.6 is 0 Å². The molecule has 0 amide bonds. The van der Waals surface area contributed by atoms with Crippen LogP contribution in [-0.4, -0.2) is 14.8 Å². The Morgan fingerprint density at radius 2 is 2.21 bits per heavy atom. The third-order valence-corrected chi connectivity index (χ3v) is 3.02. The number of aromatic nitrogens is 3. The van der Waals surface area contributed by atoms with Gasteiger partial charge in [0.25, 0.3) is 0 Å². The van der Waals surface area contributed by atoms with Crippen LogP contribution in [0.2, 0.25) is 0 Å². The number of nitrogens with zero attached hydrogens (tertiary/aromatic N) is 4. The molecule has 2 atom stereocenters. The van der Waals surface area contributed by atoms with Gasteiger partial charge >= 0.3 is 0 Å². The molecule has 2 aromatic rings. The van der Waals surface area contributed by atoms with Gasteiger partial charge in [-0.1, -0.05) is 6.07 Å². The van der Waals surface area contributed by atoms with Crippen LogP contribution in [0.5, 0.6) is 0 Å². The van der Waals surface area contributed by atoms with Crippen LogP contribution in [0.4, 0.5) is 8.78 Å². The second-order valence-electron chi connectivity index (χ2n) is 4.31. The van der Waals surface area contributed by atoms with Crippen molar-refractivity contribution in [2.24, 2.45) is 5.92 Å². The summed E-state index contributed by atoms with van der Waals surface area (Å²) in [7, 11) is 0. The van der Waals surface area contributed by atoms with E-state index < -0.39 is 23.5 Å². The van der Waals surface area contributed by atoms with Crippen molar-refractivity contribution in [2.45, 2.75) is 19.4 Å². The molecule has 1 aromatic carbocycles. The van der Waals surface area contributed by atoms with Crippen molar-refractivity contribution < 1.29 is 8.78 Å². The highest BCUT2D eigenvalue weighted by Gasteiger charge is 2.23. The van der Waals surface area contributed by atoms with E-state index in [0.29, 0.717) is 12.1 Å². The summed E-state index contributed by atoms with van der Waals surface area (Å²) in [6, 6.07) is 5.49. The average Bonchev–Trinajstić information content (AvgIpc) is 2.89. The fourth-order valence-electron chi connectivity index (χ4n) is 1.95. The van der Waals surface area contributed by atoms with E-state index in [4.69, 9.17) is 5.26 Å². The summed E-state index contributed by atoms with van der Waals surface area (Å²) in [5, 5.41) is 13.0. The Balaban J connectivity index is 2.35. The molecule has 1 aromatic heterocycles. The number of halogens is 2. The molecule has 0 N–H and O–H groups in total. The third-order valence-electron chi connectivity index (χ3n) is 3.02. The van der Waals surface area contributed by atoms with E-state index >= 15 is 0 Å². The zero-order chi connectivity index (χ0) is 13.8. The van der Waals surface area contributed by atoms with Gasteiger partial charge in [0.05, 0.1) is 18.5 Å². The fourth-order valence-corrected chi connectivity index (χ4v) is 1.95. The molecule has 98 valence electrons. The molecule has 0 saturated carbocycles. The van der Waals surface area contributed by atoms with Gasteiger partial charge in [0.15, 0.2) is 0 Å². The van der Waals surface area contributed by atoms with Gasteiger partial charge in [0.2, 0.25) is 0 Å². The van der Waals surface area contributed by atoms with Gasteiger partial charge in [-0.2, -0.15) is 10.4 Å². The highest BCUT2D eigenvalue weighted by molar-refractivity contribution is 5.24. The number of hydrogen-bond acceptors (Lipinski definition) is 3. The van der Waals surface area contributed by atoms with Crippen molar-refractivity contribution in [2.75, 3.05) is 0 Å². The van der Waals surface area contributed by atoms with E-state index in [1.165, 1.54) is 29.5 Å². The molecular formula is C13H12F2N4. The van der Waals surface area contributed by atoms with Gasteiger partial charge in [0, 0.05) is 12.0 Å². The minimum atomic E-state index is -0.646. The van der Waals surface area contributed by atoms with Gasteiger partial charge in [-0.15, -0.1) is 0 Å². The average molecular weight is 262 g/mol. The lowest BCUT2D eigenvalue weighted by molar-refractivity contribution is 0.430. The van der Waals surface area contributed by atoms with Crippen molar-refractivity contribution in [3.63, 3.8) is 0 Å². The van der Waals surface area contributed by atoms with Crippen molar-refractivity contribution in [1.82, 2.24) is 14.8 Å². The number of hydrogen-bond donors (Lipinski definition) is 0. The maximum Gasteiger partial charge on any atom is 0.137 e. The summed E-state index contributed by atoms with van der Waals surface area (Å²) in [5.74, 6) is -2.12. The highest BCUT2D eigenvalue weighted by atomic mass is 19.1. The molecule has 19 heavy (non-hydrogen) atoms. The Kier molecular flexibility index (Phi) is 3.85. The predicted octanol–water partition coefficient (Wildman–Crippen LogP) is 2.50. The molecule has 0 spiro atoms. The van der Waals surface area contributed by atoms with E-state index in [2.05, 4.69) is 16.2 Å². The van der Waals surface area contributed by atoms with Crippen LogP contribution < -0.4 is 0 Å². The first-order chi connectivity index (χ1) is 9.11. The Labute approximate surface area is 109 Å². The smallest absolute Gasteiger partial charge is 0.137 e. The monoisotopic (exact) mass is 262 g/mol. The normalized spacial score (nSPS) is 13.8. The number of rotatable bonds is 4. The van der Waals surface area contributed by atoms with Crippen molar-refractivity contribution >= 4 is 0 Å². The molecule has 2 rings (SSSR count). The summed E-state index contributed by atoms with van der Waals surface area (Å²) in [4.78, 5) is 3.81. The van der Waals surface area contributed by atoms with E-state index in [9.17, 15) is 8.78 Å². The quantitative estimate of drug-likeness (QED) is 0.850. The minimum absolute atomic E-state index is 0.311. The molecular weight excluding hydrogens is 250 g/mol. The van der Waals surface area contributed by atoms with Gasteiger partial charge in [-0.25, -0.2) is 13.8 Å². The van der Waals surface area contributed by atoms with Crippen molar-refractivity contribution in [3.05, 3.63) is 48.1 Å². The zero-order valence-corrected chi connectivity index (χ0v) is 10.3. The van der Waals surface area contributed by atoms with Gasteiger partial charge in [-0.3, -0.25) is 4.68 Å². The summed E-state index contributed by atoms with van der Waals surface area (Å²) in [6.07, 6.45) is 2.87. The van der Waals surface area contributed by atoms with Crippen LogP contribution in [0.3, 0.4) is 0 Å². The molecule has 0 radical (unpaired) electrons. The van der Waals surface area contributed by atoms with Crippen molar-refractivity contribution in [3.8, 4) is 6.07 Å². The maximum absolute atomic E-state index is 13.8. The lowest BCUT2D eigenvalue weighted by Crippen LogP contribution is -2.17. The van der Waals surface area contributed by atoms with Gasteiger partial charge in [0.1, 0.15) is 24.3 Å². The summed E-state index contributed by atoms with van der Waals surface area (Å²) < 4.78 is 28.3. The molecule has 0 saturated heterocycles. The van der Waals surface area contributed by atoms with Crippen LogP contribution in [0, 0.1) is 28.9 Å². The lowest BCUT2D eigenvalue weighted by Gasteiger charge is -2.20. The maximum atomic E-state index is 13.8. The van der Waals surface area contributed by atoms with Gasteiger partial charge < -0.3 is 0 Å². The SMILES string of the molecule is C[C@@H](C#N)[C@@H](Cn1cncn1)c1ccc(F)cc1F. The summed E-state index contributed by atoms with van der Waals surface area (Å²) in [5.41, 5.74) is 0.311. The largest absolute Gasteiger partial charge is 0.252 e. The summed E-state index contributed by atoms with van der Waals surface area (Å²) in [6.45, 7) is 2.02. The summed E-state index contributed by atoms with van der Waals surface area (Å²) >= 11 is 0. The van der Waals surface area contributed by atoms with Crippen LogP contribution in [0.15, 0.2) is 30.9 Å². The first-order valence-electron chi connectivity index (χ1n) is 5.78. The van der Waals surface area contributed by atoms with Crippen LogP contribution in [-0.2, 0) is 6.54 Å². The van der Waals surface area contributed by atoms with E-state index in [-0.39, 0.29) is 0 Å². The Hall–Kier alpha value is -2.29. The predicted molar refractivity (Wildman–Crippen MR) is 63.9 cm³/mol. The van der Waals surface area contributed by atoms with E-state index in [0.717, 1.165) is 6.07 Å². The molecule has 4 nitrogen and oxygen atoms in total. The molecule has 0 unspecified atom stereocenters. The van der Waals surface area contributed by atoms with Crippen LogP contribution in [0.1, 0.15) is 18.4 Å². The van der Waals surface area contributed by atoms with Crippen molar-refractivity contribution in [1.29, 1.82) is 5.26 Å². The zero-order valence-electron chi connectivity index (χ0n) is 10.3. The molecule has 1 heterocycles. The molecule has 6 heteroatoms. The standard InChI is InChI=1S/C13H12F2N4/c1-9(5-16)12(6-19-8-17-7-18-19)11-3-2-10(14)4-13(11)15/h2-4,7-9,12H,6H2,1H3/t9-,12+/m0/s1. The Bertz CT molecular complexity index is 589. The third kappa shape index (κ3) is 2.94. The van der Waals surface area contributed by atoms with E-state index in [1.54, 1.807) is 6.92 Å². The van der Waals surface area contributed by atoms with E-state index in [1.807, 2.05) is 0 Å². The molecule has 0 fully saturated rings. The first kappa shape index (κ1) is 13.1. The molecule has 0 aliphatic carbocycles. The Morgan fingerprint density at radius 1 is 1.42 bits per heavy atom. The highest BCUT2D eigenvalue weighted by Crippen LogP contribution is 2.28. The first-order valence-corrected chi connectivity index (χ1v) is 5.78. The van der Waals surface area contributed by atoms with Crippen LogP contribution in [0.25, 0.3) is 0 Å². The Morgan fingerprint density at radius 3 is 2.79 bits per heavy atom. The topological polar surface area (TPSA) is 54.5 Å². The number of nitriles is 1. The second-order valence-corrected chi connectivity index (χ2v) is 4.31. The fraction of sp³-hybridized carbons (Fsp3) is 0.308. The molecule has 0 bridgehead atoms. The lowest BCUT2D eigenvalue weighted by atomic mass is 9.87. The molecule has 0 aliphatic rings. The minimum Gasteiger partial charge on any atom is -0.252 e. The number of benzene rings is 1.